The lowest BCUT2D eigenvalue weighted by Gasteiger charge is -2.12. The van der Waals surface area contributed by atoms with Crippen LogP contribution in [0.3, 0.4) is 0 Å². The van der Waals surface area contributed by atoms with Crippen LogP contribution in [0.5, 0.6) is 5.75 Å². The second-order valence-corrected chi connectivity index (χ2v) is 6.67. The van der Waals surface area contributed by atoms with Crippen molar-refractivity contribution in [3.63, 3.8) is 0 Å². The molecule has 0 saturated heterocycles. The normalized spacial score (nSPS) is 10.2. The lowest BCUT2D eigenvalue weighted by atomic mass is 10.1. The third-order valence-corrected chi connectivity index (χ3v) is 4.37. The molecule has 0 unspecified atom stereocenters. The number of benzene rings is 3. The summed E-state index contributed by atoms with van der Waals surface area (Å²) in [6.07, 6.45) is 0. The first-order valence-electron chi connectivity index (χ1n) is 8.29. The van der Waals surface area contributed by atoms with Gasteiger partial charge in [-0.25, -0.2) is 0 Å². The monoisotopic (exact) mass is 414 g/mol. The summed E-state index contributed by atoms with van der Waals surface area (Å²) >= 11 is 12.1. The van der Waals surface area contributed by atoms with Crippen LogP contribution in [0.2, 0.25) is 10.0 Å². The Balaban J connectivity index is 1.78. The standard InChI is InChI=1S/C21H16Cl2N2O3/c1-28-19-17(10-14(22)11-18(19)23)21(27)25-16-9-5-8-15(12-16)24-20(26)13-6-3-2-4-7-13/h2-12H,1H3,(H,24,26)(H,25,27). The Morgan fingerprint density at radius 2 is 1.46 bits per heavy atom. The number of nitrogens with one attached hydrogen (secondary N) is 2. The average molecular weight is 415 g/mol. The molecule has 0 heterocycles. The van der Waals surface area contributed by atoms with E-state index in [1.54, 1.807) is 48.5 Å². The zero-order valence-electron chi connectivity index (χ0n) is 14.8. The molecule has 0 aromatic heterocycles. The third-order valence-electron chi connectivity index (χ3n) is 3.87. The van der Waals surface area contributed by atoms with Crippen molar-refractivity contribution < 1.29 is 14.3 Å². The van der Waals surface area contributed by atoms with Crippen LogP contribution in [0.25, 0.3) is 0 Å². The largest absolute Gasteiger partial charge is 0.494 e. The van der Waals surface area contributed by atoms with Gasteiger partial charge in [0.2, 0.25) is 0 Å². The van der Waals surface area contributed by atoms with E-state index in [0.717, 1.165) is 0 Å². The van der Waals surface area contributed by atoms with E-state index in [0.29, 0.717) is 22.0 Å². The van der Waals surface area contributed by atoms with Gasteiger partial charge in [-0.1, -0.05) is 47.5 Å². The highest BCUT2D eigenvalue weighted by molar-refractivity contribution is 6.36. The summed E-state index contributed by atoms with van der Waals surface area (Å²) in [6, 6.07) is 18.6. The molecule has 0 aliphatic heterocycles. The maximum atomic E-state index is 12.7. The molecule has 0 fully saturated rings. The van der Waals surface area contributed by atoms with Crippen LogP contribution in [0.1, 0.15) is 20.7 Å². The maximum Gasteiger partial charge on any atom is 0.259 e. The van der Waals surface area contributed by atoms with E-state index in [9.17, 15) is 9.59 Å². The molecule has 0 saturated carbocycles. The van der Waals surface area contributed by atoms with Gasteiger partial charge in [0, 0.05) is 22.0 Å². The van der Waals surface area contributed by atoms with Crippen molar-refractivity contribution in [1.82, 2.24) is 0 Å². The molecule has 0 aliphatic carbocycles. The summed E-state index contributed by atoms with van der Waals surface area (Å²) in [4.78, 5) is 24.9. The molecule has 2 amide bonds. The van der Waals surface area contributed by atoms with Crippen LogP contribution < -0.4 is 15.4 Å². The molecule has 2 N–H and O–H groups in total. The number of hydrogen-bond acceptors (Lipinski definition) is 3. The van der Waals surface area contributed by atoms with E-state index >= 15 is 0 Å². The first-order valence-corrected chi connectivity index (χ1v) is 9.04. The first kappa shape index (κ1) is 19.7. The van der Waals surface area contributed by atoms with Crippen LogP contribution in [0.15, 0.2) is 66.7 Å². The number of carbonyl (C=O) groups is 2. The second-order valence-electron chi connectivity index (χ2n) is 5.82. The lowest BCUT2D eigenvalue weighted by Crippen LogP contribution is -2.15. The van der Waals surface area contributed by atoms with E-state index in [1.165, 1.54) is 19.2 Å². The summed E-state index contributed by atoms with van der Waals surface area (Å²) in [5.41, 5.74) is 1.78. The second kappa shape index (κ2) is 8.78. The van der Waals surface area contributed by atoms with Crippen LogP contribution in [0, 0.1) is 0 Å². The van der Waals surface area contributed by atoms with E-state index in [4.69, 9.17) is 27.9 Å². The van der Waals surface area contributed by atoms with Crippen molar-refractivity contribution >= 4 is 46.4 Å². The van der Waals surface area contributed by atoms with Crippen LogP contribution in [0.4, 0.5) is 11.4 Å². The Labute approximate surface area is 172 Å². The fourth-order valence-electron chi connectivity index (χ4n) is 2.60. The number of carbonyl (C=O) groups excluding carboxylic acids is 2. The molecule has 0 aliphatic rings. The predicted molar refractivity (Wildman–Crippen MR) is 112 cm³/mol. The highest BCUT2D eigenvalue weighted by Crippen LogP contribution is 2.32. The van der Waals surface area contributed by atoms with Gasteiger partial charge in [0.15, 0.2) is 0 Å². The molecule has 0 spiro atoms. The fraction of sp³-hybridized carbons (Fsp3) is 0.0476. The summed E-state index contributed by atoms with van der Waals surface area (Å²) in [7, 11) is 1.42. The average Bonchev–Trinajstić information content (AvgIpc) is 2.68. The van der Waals surface area contributed by atoms with Crippen LogP contribution >= 0.6 is 23.2 Å². The van der Waals surface area contributed by atoms with Crippen molar-refractivity contribution in [3.8, 4) is 5.75 Å². The quantitative estimate of drug-likeness (QED) is 0.578. The number of halogens is 2. The smallest absolute Gasteiger partial charge is 0.259 e. The molecule has 142 valence electrons. The van der Waals surface area contributed by atoms with E-state index in [-0.39, 0.29) is 22.2 Å². The Hall–Kier alpha value is -3.02. The minimum atomic E-state index is -0.437. The van der Waals surface area contributed by atoms with Crippen LogP contribution in [-0.2, 0) is 0 Å². The van der Waals surface area contributed by atoms with E-state index < -0.39 is 5.91 Å². The highest BCUT2D eigenvalue weighted by Gasteiger charge is 2.17. The van der Waals surface area contributed by atoms with Crippen LogP contribution in [-0.4, -0.2) is 18.9 Å². The third kappa shape index (κ3) is 4.63. The fourth-order valence-corrected chi connectivity index (χ4v) is 3.17. The summed E-state index contributed by atoms with van der Waals surface area (Å²) in [5.74, 6) is -0.447. The highest BCUT2D eigenvalue weighted by atomic mass is 35.5. The SMILES string of the molecule is COc1c(Cl)cc(Cl)cc1C(=O)Nc1cccc(NC(=O)c2ccccc2)c1. The number of amides is 2. The molecule has 7 heteroatoms. The Kier molecular flexibility index (Phi) is 6.19. The van der Waals surface area contributed by atoms with E-state index in [1.807, 2.05) is 6.07 Å². The van der Waals surface area contributed by atoms with Gasteiger partial charge in [0.25, 0.3) is 11.8 Å². The van der Waals surface area contributed by atoms with Gasteiger partial charge in [-0.05, 0) is 42.5 Å². The predicted octanol–water partition coefficient (Wildman–Crippen LogP) is 5.51. The molecule has 5 nitrogen and oxygen atoms in total. The molecular formula is C21H16Cl2N2O3. The lowest BCUT2D eigenvalue weighted by molar-refractivity contribution is 0.101. The first-order chi connectivity index (χ1) is 13.5. The van der Waals surface area contributed by atoms with Gasteiger partial charge in [-0.15, -0.1) is 0 Å². The van der Waals surface area contributed by atoms with Crippen molar-refractivity contribution in [2.75, 3.05) is 17.7 Å². The Morgan fingerprint density at radius 3 is 2.11 bits per heavy atom. The zero-order valence-corrected chi connectivity index (χ0v) is 16.3. The number of anilines is 2. The van der Waals surface area contributed by atoms with Gasteiger partial charge in [0.1, 0.15) is 5.75 Å². The molecule has 28 heavy (non-hydrogen) atoms. The maximum absolute atomic E-state index is 12.7. The van der Waals surface area contributed by atoms with Crippen molar-refractivity contribution in [1.29, 1.82) is 0 Å². The van der Waals surface area contributed by atoms with Gasteiger partial charge in [0.05, 0.1) is 17.7 Å². The van der Waals surface area contributed by atoms with Gasteiger partial charge < -0.3 is 15.4 Å². The Morgan fingerprint density at radius 1 is 0.821 bits per heavy atom. The number of methoxy groups -OCH3 is 1. The Bertz CT molecular complexity index is 1020. The number of hydrogen-bond donors (Lipinski definition) is 2. The van der Waals surface area contributed by atoms with Gasteiger partial charge in [-0.2, -0.15) is 0 Å². The zero-order chi connectivity index (χ0) is 20.1. The number of rotatable bonds is 5. The topological polar surface area (TPSA) is 67.4 Å². The minimum absolute atomic E-state index is 0.207. The van der Waals surface area contributed by atoms with Gasteiger partial charge in [-0.3, -0.25) is 9.59 Å². The van der Waals surface area contributed by atoms with Gasteiger partial charge >= 0.3 is 0 Å². The van der Waals surface area contributed by atoms with Crippen molar-refractivity contribution in [2.24, 2.45) is 0 Å². The molecule has 3 aromatic carbocycles. The minimum Gasteiger partial charge on any atom is -0.494 e. The summed E-state index contributed by atoms with van der Waals surface area (Å²) < 4.78 is 5.21. The molecule has 3 rings (SSSR count). The molecule has 0 radical (unpaired) electrons. The number of ether oxygens (including phenoxy) is 1. The van der Waals surface area contributed by atoms with Crippen molar-refractivity contribution in [3.05, 3.63) is 87.9 Å². The van der Waals surface area contributed by atoms with Crippen molar-refractivity contribution in [2.45, 2.75) is 0 Å². The molecule has 3 aromatic rings. The molecule has 0 bridgehead atoms. The summed E-state index contributed by atoms with van der Waals surface area (Å²) in [6.45, 7) is 0. The molecular weight excluding hydrogens is 399 g/mol. The molecule has 0 atom stereocenters. The van der Waals surface area contributed by atoms with E-state index in [2.05, 4.69) is 10.6 Å². The summed E-state index contributed by atoms with van der Waals surface area (Å²) in [5, 5.41) is 6.11.